The van der Waals surface area contributed by atoms with E-state index in [1.807, 2.05) is 0 Å². The van der Waals surface area contributed by atoms with Crippen molar-refractivity contribution in [3.8, 4) is 0 Å². The average molecular weight is 234 g/mol. The number of halogens is 2. The highest BCUT2D eigenvalue weighted by Gasteiger charge is 2.54. The number of H-pyrrole nitrogens is 1. The number of aromatic nitrogens is 2. The van der Waals surface area contributed by atoms with Crippen molar-refractivity contribution in [2.75, 3.05) is 0 Å². The van der Waals surface area contributed by atoms with Crippen LogP contribution in [0.3, 0.4) is 0 Å². The largest absolute Gasteiger partial charge is 0.342 e. The molecule has 2 aliphatic rings. The van der Waals surface area contributed by atoms with Gasteiger partial charge in [0.25, 0.3) is 0 Å². The molecule has 0 bridgehead atoms. The van der Waals surface area contributed by atoms with Crippen LogP contribution in [0.15, 0.2) is 12.1 Å². The van der Waals surface area contributed by atoms with Crippen molar-refractivity contribution in [2.24, 2.45) is 11.8 Å². The van der Waals surface area contributed by atoms with Crippen LogP contribution in [0.1, 0.15) is 31.0 Å². The van der Waals surface area contributed by atoms with E-state index in [9.17, 15) is 8.78 Å². The van der Waals surface area contributed by atoms with Gasteiger partial charge in [-0.05, 0) is 36.8 Å². The third kappa shape index (κ3) is 1.21. The standard InChI is InChI=1S/C13H12F2N2/c14-8-4-5-9-12(11(8)15)17-13(16-9)10-6-2-1-3-7(6)10/h4-7,10H,1-3H2,(H,16,17). The molecular formula is C13H12F2N2. The third-order valence-electron chi connectivity index (χ3n) is 4.29. The molecule has 2 nitrogen and oxygen atoms in total. The molecule has 0 aliphatic heterocycles. The van der Waals surface area contributed by atoms with Crippen LogP contribution in [0.5, 0.6) is 0 Å². The topological polar surface area (TPSA) is 28.7 Å². The summed E-state index contributed by atoms with van der Waals surface area (Å²) in [5, 5.41) is 0. The molecule has 4 rings (SSSR count). The van der Waals surface area contributed by atoms with Crippen molar-refractivity contribution in [1.82, 2.24) is 9.97 Å². The summed E-state index contributed by atoms with van der Waals surface area (Å²) in [6.07, 6.45) is 3.81. The maximum absolute atomic E-state index is 13.5. The van der Waals surface area contributed by atoms with E-state index in [2.05, 4.69) is 9.97 Å². The highest BCUT2D eigenvalue weighted by molar-refractivity contribution is 5.76. The maximum atomic E-state index is 13.5. The minimum absolute atomic E-state index is 0.143. The molecule has 2 saturated carbocycles. The van der Waals surface area contributed by atoms with E-state index in [4.69, 9.17) is 0 Å². The smallest absolute Gasteiger partial charge is 0.186 e. The Labute approximate surface area is 97.1 Å². The Hall–Kier alpha value is -1.45. The molecule has 4 heteroatoms. The Balaban J connectivity index is 1.80. The number of rotatable bonds is 1. The quantitative estimate of drug-likeness (QED) is 0.805. The second kappa shape index (κ2) is 3.06. The molecular weight excluding hydrogens is 222 g/mol. The van der Waals surface area contributed by atoms with Crippen molar-refractivity contribution in [2.45, 2.75) is 25.2 Å². The number of hydrogen-bond donors (Lipinski definition) is 1. The van der Waals surface area contributed by atoms with Gasteiger partial charge < -0.3 is 4.98 Å². The second-order valence-corrected chi connectivity index (χ2v) is 5.16. The second-order valence-electron chi connectivity index (χ2n) is 5.16. The van der Waals surface area contributed by atoms with E-state index in [1.165, 1.54) is 19.3 Å². The summed E-state index contributed by atoms with van der Waals surface area (Å²) in [5.74, 6) is 1.09. The van der Waals surface area contributed by atoms with E-state index >= 15 is 0 Å². The van der Waals surface area contributed by atoms with Gasteiger partial charge in [-0.1, -0.05) is 6.42 Å². The fraction of sp³-hybridized carbons (Fsp3) is 0.462. The summed E-state index contributed by atoms with van der Waals surface area (Å²) < 4.78 is 26.6. The van der Waals surface area contributed by atoms with Crippen LogP contribution in [-0.2, 0) is 0 Å². The highest BCUT2D eigenvalue weighted by Crippen LogP contribution is 2.62. The average Bonchev–Trinajstić information content (AvgIpc) is 2.73. The molecule has 1 heterocycles. The van der Waals surface area contributed by atoms with Crippen molar-refractivity contribution >= 4 is 11.0 Å². The molecule has 2 aromatic rings. The normalized spacial score (nSPS) is 30.8. The zero-order chi connectivity index (χ0) is 11.6. The number of nitrogens with one attached hydrogen (secondary N) is 1. The lowest BCUT2D eigenvalue weighted by Crippen LogP contribution is -1.90. The Kier molecular flexibility index (Phi) is 1.72. The molecule has 2 aliphatic carbocycles. The van der Waals surface area contributed by atoms with Crippen LogP contribution in [-0.4, -0.2) is 9.97 Å². The van der Waals surface area contributed by atoms with Crippen molar-refractivity contribution in [1.29, 1.82) is 0 Å². The van der Waals surface area contributed by atoms with Gasteiger partial charge in [-0.25, -0.2) is 13.8 Å². The number of imidazole rings is 1. The van der Waals surface area contributed by atoms with Crippen LogP contribution < -0.4 is 0 Å². The molecule has 2 unspecified atom stereocenters. The van der Waals surface area contributed by atoms with Gasteiger partial charge in [0.15, 0.2) is 11.6 Å². The number of nitrogens with zero attached hydrogens (tertiary/aromatic N) is 1. The van der Waals surface area contributed by atoms with Gasteiger partial charge in [0.2, 0.25) is 0 Å². The number of benzene rings is 1. The molecule has 1 aromatic heterocycles. The lowest BCUT2D eigenvalue weighted by molar-refractivity contribution is 0.515. The SMILES string of the molecule is Fc1ccc2[nH]c(C3C4CCCC43)nc2c1F. The first-order valence-electron chi connectivity index (χ1n) is 6.09. The van der Waals surface area contributed by atoms with Crippen LogP contribution >= 0.6 is 0 Å². The lowest BCUT2D eigenvalue weighted by atomic mass is 10.1. The van der Waals surface area contributed by atoms with Gasteiger partial charge in [0.05, 0.1) is 5.52 Å². The first-order valence-corrected chi connectivity index (χ1v) is 6.09. The van der Waals surface area contributed by atoms with Crippen molar-refractivity contribution in [3.63, 3.8) is 0 Å². The number of aromatic amines is 1. The van der Waals surface area contributed by atoms with Crippen LogP contribution in [0, 0.1) is 23.5 Å². The van der Waals surface area contributed by atoms with E-state index in [0.717, 1.165) is 23.7 Å². The summed E-state index contributed by atoms with van der Waals surface area (Å²) in [6.45, 7) is 0. The first-order chi connectivity index (χ1) is 8.25. The van der Waals surface area contributed by atoms with Crippen LogP contribution in [0.4, 0.5) is 8.78 Å². The third-order valence-corrected chi connectivity index (χ3v) is 4.29. The Bertz CT molecular complexity index is 595. The number of hydrogen-bond acceptors (Lipinski definition) is 1. The molecule has 2 atom stereocenters. The summed E-state index contributed by atoms with van der Waals surface area (Å²) >= 11 is 0. The van der Waals surface area contributed by atoms with Gasteiger partial charge >= 0.3 is 0 Å². The van der Waals surface area contributed by atoms with Gasteiger partial charge in [0, 0.05) is 5.92 Å². The van der Waals surface area contributed by atoms with Gasteiger partial charge in [-0.2, -0.15) is 0 Å². The monoisotopic (exact) mass is 234 g/mol. The molecule has 0 saturated heterocycles. The minimum Gasteiger partial charge on any atom is -0.342 e. The summed E-state index contributed by atoms with van der Waals surface area (Å²) in [5.41, 5.74) is 0.744. The highest BCUT2D eigenvalue weighted by atomic mass is 19.2. The zero-order valence-corrected chi connectivity index (χ0v) is 9.21. The molecule has 0 amide bonds. The van der Waals surface area contributed by atoms with Crippen molar-refractivity contribution < 1.29 is 8.78 Å². The van der Waals surface area contributed by atoms with E-state index in [-0.39, 0.29) is 5.52 Å². The van der Waals surface area contributed by atoms with E-state index < -0.39 is 11.6 Å². The fourth-order valence-electron chi connectivity index (χ4n) is 3.42. The Morgan fingerprint density at radius 3 is 2.71 bits per heavy atom. The summed E-state index contributed by atoms with van der Waals surface area (Å²) in [4.78, 5) is 7.38. The molecule has 0 spiro atoms. The fourth-order valence-corrected chi connectivity index (χ4v) is 3.42. The van der Waals surface area contributed by atoms with Gasteiger partial charge in [-0.15, -0.1) is 0 Å². The van der Waals surface area contributed by atoms with Gasteiger partial charge in [-0.3, -0.25) is 0 Å². The summed E-state index contributed by atoms with van der Waals surface area (Å²) in [6, 6.07) is 2.70. The minimum atomic E-state index is -0.837. The molecule has 2 fully saturated rings. The molecule has 17 heavy (non-hydrogen) atoms. The maximum Gasteiger partial charge on any atom is 0.186 e. The lowest BCUT2D eigenvalue weighted by Gasteiger charge is -1.97. The van der Waals surface area contributed by atoms with E-state index in [0.29, 0.717) is 11.4 Å². The number of fused-ring (bicyclic) bond motifs is 2. The summed E-state index contributed by atoms with van der Waals surface area (Å²) in [7, 11) is 0. The molecule has 1 N–H and O–H groups in total. The first kappa shape index (κ1) is 9.57. The molecule has 0 radical (unpaired) electrons. The van der Waals surface area contributed by atoms with Crippen molar-refractivity contribution in [3.05, 3.63) is 29.6 Å². The van der Waals surface area contributed by atoms with Crippen LogP contribution in [0.2, 0.25) is 0 Å². The predicted octanol–water partition coefficient (Wildman–Crippen LogP) is 3.35. The Morgan fingerprint density at radius 1 is 1.18 bits per heavy atom. The predicted molar refractivity (Wildman–Crippen MR) is 59.6 cm³/mol. The Morgan fingerprint density at radius 2 is 1.94 bits per heavy atom. The van der Waals surface area contributed by atoms with Gasteiger partial charge in [0.1, 0.15) is 11.3 Å². The molecule has 1 aromatic carbocycles. The van der Waals surface area contributed by atoms with E-state index in [1.54, 1.807) is 6.07 Å². The zero-order valence-electron chi connectivity index (χ0n) is 9.21. The molecule has 88 valence electrons. The van der Waals surface area contributed by atoms with Crippen LogP contribution in [0.25, 0.3) is 11.0 Å².